The second-order valence-corrected chi connectivity index (χ2v) is 12.5. The first kappa shape index (κ1) is 30.3. The summed E-state index contributed by atoms with van der Waals surface area (Å²) in [5.41, 5.74) is 3.34. The Hall–Kier alpha value is -5.31. The van der Waals surface area contributed by atoms with E-state index in [1.807, 2.05) is 84.9 Å². The number of nitrogens with zero attached hydrogens (tertiary/aromatic N) is 2. The number of thiazole rings is 1. The number of allylic oxidation sites excluding steroid dienone is 1. The first-order chi connectivity index (χ1) is 22.9. The Bertz CT molecular complexity index is 2350. The first-order valence-electron chi connectivity index (χ1n) is 14.9. The smallest absolute Gasteiger partial charge is 0.271 e. The number of aromatic nitrogens is 1. The molecule has 0 bridgehead atoms. The van der Waals surface area contributed by atoms with E-state index in [4.69, 9.17) is 21.3 Å². The van der Waals surface area contributed by atoms with Gasteiger partial charge in [0.05, 0.1) is 21.8 Å². The Kier molecular flexibility index (Phi) is 8.28. The minimum absolute atomic E-state index is 0.302. The summed E-state index contributed by atoms with van der Waals surface area (Å²) in [6.07, 6.45) is 1.83. The number of fused-ring (bicyclic) bond motifs is 2. The highest BCUT2D eigenvalue weighted by Gasteiger charge is 2.32. The van der Waals surface area contributed by atoms with E-state index < -0.39 is 17.8 Å². The maximum atomic E-state index is 14.4. The van der Waals surface area contributed by atoms with Crippen molar-refractivity contribution < 1.29 is 13.9 Å². The van der Waals surface area contributed by atoms with Crippen molar-refractivity contribution in [3.8, 4) is 5.75 Å². The van der Waals surface area contributed by atoms with E-state index in [1.165, 1.54) is 28.0 Å². The lowest BCUT2D eigenvalue weighted by Crippen LogP contribution is -2.40. The molecule has 7 rings (SSSR count). The average Bonchev–Trinajstić information content (AvgIpc) is 3.39. The standard InChI is InChI=1S/C38H27ClFN3O3S/c1-23-34(36(44)42-29-8-3-2-4-9-29)35(26-13-18-28(40)19-14-26)43-37(45)33(47-38(43)41-23)21-31-30-10-6-5-7-25(30)15-20-32(31)46-22-24-11-16-27(39)17-12-24/h2-21,35H,22H2,1H3,(H,42,44). The normalized spacial score (nSPS) is 14.5. The average molecular weight is 660 g/mol. The molecule has 2 heterocycles. The van der Waals surface area contributed by atoms with Gasteiger partial charge in [-0.3, -0.25) is 14.2 Å². The molecule has 0 saturated heterocycles. The number of amides is 1. The summed E-state index contributed by atoms with van der Waals surface area (Å²) in [6.45, 7) is 2.06. The summed E-state index contributed by atoms with van der Waals surface area (Å²) in [5, 5.41) is 5.49. The van der Waals surface area contributed by atoms with Gasteiger partial charge in [0.1, 0.15) is 18.2 Å². The van der Waals surface area contributed by atoms with Crippen molar-refractivity contribution in [3.05, 3.63) is 174 Å². The van der Waals surface area contributed by atoms with Crippen molar-refractivity contribution in [1.82, 2.24) is 4.57 Å². The Morgan fingerprint density at radius 1 is 0.957 bits per heavy atom. The number of carbonyl (C=O) groups is 1. The molecule has 1 atom stereocenters. The van der Waals surface area contributed by atoms with Gasteiger partial charge in [0, 0.05) is 16.3 Å². The number of halogens is 2. The number of benzene rings is 5. The highest BCUT2D eigenvalue weighted by molar-refractivity contribution is 7.07. The lowest BCUT2D eigenvalue weighted by molar-refractivity contribution is -0.113. The van der Waals surface area contributed by atoms with E-state index >= 15 is 0 Å². The molecule has 9 heteroatoms. The Labute approximate surface area is 278 Å². The van der Waals surface area contributed by atoms with Gasteiger partial charge < -0.3 is 10.1 Å². The maximum Gasteiger partial charge on any atom is 0.271 e. The van der Waals surface area contributed by atoms with E-state index in [9.17, 15) is 14.0 Å². The molecule has 1 N–H and O–H groups in total. The molecule has 1 aromatic heterocycles. The zero-order valence-corrected chi connectivity index (χ0v) is 26.7. The molecule has 1 amide bonds. The second kappa shape index (κ2) is 12.8. The highest BCUT2D eigenvalue weighted by Crippen LogP contribution is 2.32. The van der Waals surface area contributed by atoms with Crippen molar-refractivity contribution in [2.75, 3.05) is 5.32 Å². The third-order valence-electron chi connectivity index (χ3n) is 8.00. The topological polar surface area (TPSA) is 72.7 Å². The van der Waals surface area contributed by atoms with Crippen molar-refractivity contribution in [3.63, 3.8) is 0 Å². The minimum atomic E-state index is -0.828. The molecule has 6 nitrogen and oxygen atoms in total. The van der Waals surface area contributed by atoms with Crippen LogP contribution in [-0.4, -0.2) is 10.5 Å². The Balaban J connectivity index is 1.36. The zero-order chi connectivity index (χ0) is 32.5. The third-order valence-corrected chi connectivity index (χ3v) is 9.23. The zero-order valence-electron chi connectivity index (χ0n) is 25.1. The van der Waals surface area contributed by atoms with Crippen LogP contribution < -0.4 is 24.9 Å². The monoisotopic (exact) mass is 659 g/mol. The molecule has 0 aliphatic carbocycles. The number of anilines is 1. The van der Waals surface area contributed by atoms with E-state index in [1.54, 1.807) is 31.2 Å². The molecule has 0 fully saturated rings. The van der Waals surface area contributed by atoms with Crippen molar-refractivity contribution >= 4 is 51.4 Å². The van der Waals surface area contributed by atoms with Crippen LogP contribution in [0.25, 0.3) is 16.8 Å². The fourth-order valence-corrected chi connectivity index (χ4v) is 6.87. The second-order valence-electron chi connectivity index (χ2n) is 11.1. The van der Waals surface area contributed by atoms with Gasteiger partial charge in [-0.15, -0.1) is 0 Å². The van der Waals surface area contributed by atoms with Crippen LogP contribution >= 0.6 is 22.9 Å². The molecule has 47 heavy (non-hydrogen) atoms. The van der Waals surface area contributed by atoms with Gasteiger partial charge >= 0.3 is 0 Å². The summed E-state index contributed by atoms with van der Waals surface area (Å²) in [7, 11) is 0. The van der Waals surface area contributed by atoms with Gasteiger partial charge in [-0.25, -0.2) is 9.38 Å². The van der Waals surface area contributed by atoms with Crippen LogP contribution in [0.4, 0.5) is 10.1 Å². The summed E-state index contributed by atoms with van der Waals surface area (Å²) in [6, 6.07) is 33.3. The summed E-state index contributed by atoms with van der Waals surface area (Å²) >= 11 is 7.30. The lowest BCUT2D eigenvalue weighted by atomic mass is 9.95. The van der Waals surface area contributed by atoms with Crippen LogP contribution in [0.2, 0.25) is 5.02 Å². The lowest BCUT2D eigenvalue weighted by Gasteiger charge is -2.25. The molecule has 1 aliphatic heterocycles. The number of rotatable bonds is 7. The number of ether oxygens (including phenoxy) is 1. The summed E-state index contributed by atoms with van der Waals surface area (Å²) in [5.74, 6) is -0.203. The van der Waals surface area contributed by atoms with Gasteiger partial charge in [-0.2, -0.15) is 0 Å². The SMILES string of the molecule is CC1=C(C(=O)Nc2ccccc2)C(c2ccc(F)cc2)n2c(sc(=Cc3c(OCc4ccc(Cl)cc4)ccc4ccccc34)c2=O)=N1. The first-order valence-corrected chi connectivity index (χ1v) is 16.1. The number of hydrogen-bond acceptors (Lipinski definition) is 5. The van der Waals surface area contributed by atoms with Crippen LogP contribution in [0, 0.1) is 5.82 Å². The molecule has 6 aromatic rings. The number of nitrogens with one attached hydrogen (secondary N) is 1. The van der Waals surface area contributed by atoms with E-state index in [-0.39, 0.29) is 5.56 Å². The van der Waals surface area contributed by atoms with Crippen LogP contribution in [0.15, 0.2) is 136 Å². The van der Waals surface area contributed by atoms with Crippen molar-refractivity contribution in [2.45, 2.75) is 19.6 Å². The molecular formula is C38H27ClFN3O3S. The summed E-state index contributed by atoms with van der Waals surface area (Å²) < 4.78 is 22.3. The van der Waals surface area contributed by atoms with Crippen LogP contribution in [-0.2, 0) is 11.4 Å². The fourth-order valence-electron chi connectivity index (χ4n) is 5.72. The largest absolute Gasteiger partial charge is 0.488 e. The maximum absolute atomic E-state index is 14.4. The third kappa shape index (κ3) is 6.13. The van der Waals surface area contributed by atoms with Gasteiger partial charge in [0.25, 0.3) is 11.5 Å². The highest BCUT2D eigenvalue weighted by atomic mass is 35.5. The molecule has 0 spiro atoms. The molecule has 1 unspecified atom stereocenters. The van der Waals surface area contributed by atoms with Gasteiger partial charge in [0.15, 0.2) is 4.80 Å². The molecule has 0 radical (unpaired) electrons. The van der Waals surface area contributed by atoms with Crippen LogP contribution in [0.3, 0.4) is 0 Å². The van der Waals surface area contributed by atoms with E-state index in [0.717, 1.165) is 21.9 Å². The van der Waals surface area contributed by atoms with Crippen molar-refractivity contribution in [2.24, 2.45) is 4.99 Å². The molecular weight excluding hydrogens is 633 g/mol. The van der Waals surface area contributed by atoms with Gasteiger partial charge in [-0.05, 0) is 77.4 Å². The number of hydrogen-bond donors (Lipinski definition) is 1. The Morgan fingerprint density at radius 2 is 1.68 bits per heavy atom. The quantitative estimate of drug-likeness (QED) is 0.194. The predicted molar refractivity (Wildman–Crippen MR) is 185 cm³/mol. The van der Waals surface area contributed by atoms with Gasteiger partial charge in [-0.1, -0.05) is 95.7 Å². The van der Waals surface area contributed by atoms with Crippen LogP contribution in [0.5, 0.6) is 5.75 Å². The molecule has 232 valence electrons. The number of carbonyl (C=O) groups excluding carboxylic acids is 1. The van der Waals surface area contributed by atoms with E-state index in [0.29, 0.717) is 49.2 Å². The Morgan fingerprint density at radius 3 is 2.45 bits per heavy atom. The molecule has 0 saturated carbocycles. The van der Waals surface area contributed by atoms with Crippen LogP contribution in [0.1, 0.15) is 29.7 Å². The predicted octanol–water partition coefficient (Wildman–Crippen LogP) is 7.40. The molecule has 1 aliphatic rings. The van der Waals surface area contributed by atoms with Crippen molar-refractivity contribution in [1.29, 1.82) is 0 Å². The summed E-state index contributed by atoms with van der Waals surface area (Å²) in [4.78, 5) is 33.3. The fraction of sp³-hybridized carbons (Fsp3) is 0.0789. The minimum Gasteiger partial charge on any atom is -0.488 e. The molecule has 5 aromatic carbocycles. The van der Waals surface area contributed by atoms with E-state index in [2.05, 4.69) is 5.32 Å². The van der Waals surface area contributed by atoms with Gasteiger partial charge in [0.2, 0.25) is 0 Å². The number of para-hydroxylation sites is 1.